The maximum absolute atomic E-state index is 4.52. The monoisotopic (exact) mass is 319 g/mol. The van der Waals surface area contributed by atoms with Gasteiger partial charge in [0, 0.05) is 27.5 Å². The number of pyridine rings is 1. The van der Waals surface area contributed by atoms with E-state index >= 15 is 0 Å². The third-order valence-electron chi connectivity index (χ3n) is 3.67. The number of benzene rings is 1. The van der Waals surface area contributed by atoms with Crippen molar-refractivity contribution in [1.82, 2.24) is 10.3 Å². The molecule has 0 bridgehead atoms. The summed E-state index contributed by atoms with van der Waals surface area (Å²) >= 11 is 3.60. The average Bonchev–Trinajstić information content (AvgIpc) is 2.69. The summed E-state index contributed by atoms with van der Waals surface area (Å²) in [7, 11) is 0. The van der Waals surface area contributed by atoms with Crippen molar-refractivity contribution in [3.05, 3.63) is 34.9 Å². The minimum Gasteiger partial charge on any atom is -0.367 e. The molecule has 0 spiro atoms. The van der Waals surface area contributed by atoms with Crippen LogP contribution in [0.5, 0.6) is 0 Å². The molecule has 2 aromatic rings. The van der Waals surface area contributed by atoms with Gasteiger partial charge in [0.2, 0.25) is 0 Å². The standard InChI is InChI=1S/C15H18BrN3/c16-14-5-1-4-13-12(14)7-10-18-15(13)19-11-3-2-8-17-9-6-11/h1,4-5,7,10-11,17H,2-3,6,8-9H2,(H,18,19). The highest BCUT2D eigenvalue weighted by molar-refractivity contribution is 9.10. The number of anilines is 1. The van der Waals surface area contributed by atoms with Gasteiger partial charge in [-0.2, -0.15) is 0 Å². The number of halogens is 1. The number of hydrogen-bond donors (Lipinski definition) is 2. The van der Waals surface area contributed by atoms with Crippen molar-refractivity contribution >= 4 is 32.5 Å². The molecule has 1 fully saturated rings. The van der Waals surface area contributed by atoms with E-state index in [0.29, 0.717) is 6.04 Å². The number of rotatable bonds is 2. The van der Waals surface area contributed by atoms with Crippen LogP contribution in [0, 0.1) is 0 Å². The lowest BCUT2D eigenvalue weighted by atomic mass is 10.1. The average molecular weight is 320 g/mol. The van der Waals surface area contributed by atoms with Crippen LogP contribution in [-0.2, 0) is 0 Å². The van der Waals surface area contributed by atoms with E-state index in [4.69, 9.17) is 0 Å². The summed E-state index contributed by atoms with van der Waals surface area (Å²) in [5.74, 6) is 1.01. The van der Waals surface area contributed by atoms with Gasteiger partial charge >= 0.3 is 0 Å². The van der Waals surface area contributed by atoms with Gasteiger partial charge in [0.25, 0.3) is 0 Å². The first-order valence-electron chi connectivity index (χ1n) is 6.85. The van der Waals surface area contributed by atoms with Crippen molar-refractivity contribution < 1.29 is 0 Å². The molecule has 1 atom stereocenters. The number of hydrogen-bond acceptors (Lipinski definition) is 3. The van der Waals surface area contributed by atoms with Crippen molar-refractivity contribution in [2.24, 2.45) is 0 Å². The van der Waals surface area contributed by atoms with Crippen LogP contribution in [0.3, 0.4) is 0 Å². The molecule has 4 heteroatoms. The van der Waals surface area contributed by atoms with Crippen LogP contribution in [0.1, 0.15) is 19.3 Å². The number of nitrogens with one attached hydrogen (secondary N) is 2. The molecule has 2 N–H and O–H groups in total. The van der Waals surface area contributed by atoms with E-state index in [2.05, 4.69) is 55.8 Å². The third-order valence-corrected chi connectivity index (χ3v) is 4.36. The van der Waals surface area contributed by atoms with E-state index in [1.54, 1.807) is 0 Å². The molecule has 1 aliphatic rings. The Morgan fingerprint density at radius 2 is 2.11 bits per heavy atom. The minimum absolute atomic E-state index is 0.520. The number of fused-ring (bicyclic) bond motifs is 1. The Morgan fingerprint density at radius 1 is 1.16 bits per heavy atom. The van der Waals surface area contributed by atoms with Gasteiger partial charge in [-0.3, -0.25) is 0 Å². The lowest BCUT2D eigenvalue weighted by Gasteiger charge is -2.18. The van der Waals surface area contributed by atoms with Crippen molar-refractivity contribution in [1.29, 1.82) is 0 Å². The van der Waals surface area contributed by atoms with Gasteiger partial charge < -0.3 is 10.6 Å². The Hall–Kier alpha value is -1.13. The molecule has 3 rings (SSSR count). The molecule has 0 aliphatic carbocycles. The zero-order valence-electron chi connectivity index (χ0n) is 10.8. The molecule has 3 nitrogen and oxygen atoms in total. The zero-order valence-corrected chi connectivity index (χ0v) is 12.4. The highest BCUT2D eigenvalue weighted by Crippen LogP contribution is 2.28. The predicted octanol–water partition coefficient (Wildman–Crippen LogP) is 3.55. The van der Waals surface area contributed by atoms with Crippen LogP contribution in [-0.4, -0.2) is 24.1 Å². The second kappa shape index (κ2) is 5.88. The molecule has 0 radical (unpaired) electrons. The minimum atomic E-state index is 0.520. The maximum Gasteiger partial charge on any atom is 0.134 e. The summed E-state index contributed by atoms with van der Waals surface area (Å²) in [5, 5.41) is 9.46. The summed E-state index contributed by atoms with van der Waals surface area (Å²) in [5.41, 5.74) is 0. The lowest BCUT2D eigenvalue weighted by molar-refractivity contribution is 0.636. The third kappa shape index (κ3) is 2.90. The highest BCUT2D eigenvalue weighted by atomic mass is 79.9. The molecule has 1 aliphatic heterocycles. The van der Waals surface area contributed by atoms with Gasteiger partial charge in [0.05, 0.1) is 0 Å². The van der Waals surface area contributed by atoms with E-state index in [1.807, 2.05) is 6.20 Å². The predicted molar refractivity (Wildman–Crippen MR) is 83.6 cm³/mol. The molecule has 1 saturated heterocycles. The van der Waals surface area contributed by atoms with Gasteiger partial charge in [0.15, 0.2) is 0 Å². The summed E-state index contributed by atoms with van der Waals surface area (Å²) in [6.45, 7) is 2.22. The smallest absolute Gasteiger partial charge is 0.134 e. The molecule has 0 amide bonds. The van der Waals surface area contributed by atoms with Crippen LogP contribution >= 0.6 is 15.9 Å². The topological polar surface area (TPSA) is 37.0 Å². The van der Waals surface area contributed by atoms with Crippen molar-refractivity contribution in [3.63, 3.8) is 0 Å². The Balaban J connectivity index is 1.90. The first kappa shape index (κ1) is 12.9. The Labute approximate surface area is 121 Å². The van der Waals surface area contributed by atoms with E-state index in [1.165, 1.54) is 23.6 Å². The second-order valence-corrected chi connectivity index (χ2v) is 5.87. The molecule has 1 unspecified atom stereocenters. The van der Waals surface area contributed by atoms with Gasteiger partial charge in [-0.1, -0.05) is 28.1 Å². The fourth-order valence-electron chi connectivity index (χ4n) is 2.64. The van der Waals surface area contributed by atoms with E-state index in [0.717, 1.165) is 29.8 Å². The Bertz CT molecular complexity index is 562. The lowest BCUT2D eigenvalue weighted by Crippen LogP contribution is -2.22. The second-order valence-electron chi connectivity index (χ2n) is 5.02. The van der Waals surface area contributed by atoms with Gasteiger partial charge in [-0.15, -0.1) is 0 Å². The van der Waals surface area contributed by atoms with Crippen molar-refractivity contribution in [2.45, 2.75) is 25.3 Å². The fraction of sp³-hybridized carbons (Fsp3) is 0.400. The van der Waals surface area contributed by atoms with Gasteiger partial charge in [-0.05, 0) is 44.5 Å². The van der Waals surface area contributed by atoms with E-state index in [9.17, 15) is 0 Å². The molecule has 0 saturated carbocycles. The number of nitrogens with zero attached hydrogens (tertiary/aromatic N) is 1. The SMILES string of the molecule is Brc1cccc2c(NC3CCCNCC3)nccc12. The molecule has 19 heavy (non-hydrogen) atoms. The zero-order chi connectivity index (χ0) is 13.1. The Kier molecular flexibility index (Phi) is 3.99. The normalized spacial score (nSPS) is 20.2. The summed E-state index contributed by atoms with van der Waals surface area (Å²) in [6, 6.07) is 8.84. The van der Waals surface area contributed by atoms with Crippen molar-refractivity contribution in [2.75, 3.05) is 18.4 Å². The summed E-state index contributed by atoms with van der Waals surface area (Å²) in [6.07, 6.45) is 5.47. The van der Waals surface area contributed by atoms with Crippen LogP contribution in [0.2, 0.25) is 0 Å². The largest absolute Gasteiger partial charge is 0.367 e. The Morgan fingerprint density at radius 3 is 3.05 bits per heavy atom. The molecule has 1 aromatic heterocycles. The molecular weight excluding hydrogens is 302 g/mol. The van der Waals surface area contributed by atoms with Crippen LogP contribution < -0.4 is 10.6 Å². The van der Waals surface area contributed by atoms with E-state index < -0.39 is 0 Å². The quantitative estimate of drug-likeness (QED) is 0.888. The summed E-state index contributed by atoms with van der Waals surface area (Å²) < 4.78 is 1.12. The van der Waals surface area contributed by atoms with E-state index in [-0.39, 0.29) is 0 Å². The molecule has 2 heterocycles. The molecule has 1 aromatic carbocycles. The van der Waals surface area contributed by atoms with Gasteiger partial charge in [0.1, 0.15) is 5.82 Å². The maximum atomic E-state index is 4.52. The first-order chi connectivity index (χ1) is 9.34. The van der Waals surface area contributed by atoms with Crippen molar-refractivity contribution in [3.8, 4) is 0 Å². The molecule has 100 valence electrons. The van der Waals surface area contributed by atoms with Crippen LogP contribution in [0.4, 0.5) is 5.82 Å². The van der Waals surface area contributed by atoms with Gasteiger partial charge in [-0.25, -0.2) is 4.98 Å². The van der Waals surface area contributed by atoms with Crippen LogP contribution in [0.25, 0.3) is 10.8 Å². The number of aromatic nitrogens is 1. The first-order valence-corrected chi connectivity index (χ1v) is 7.64. The summed E-state index contributed by atoms with van der Waals surface area (Å²) in [4.78, 5) is 4.52. The highest BCUT2D eigenvalue weighted by Gasteiger charge is 2.13. The molecular formula is C15H18BrN3. The fourth-order valence-corrected chi connectivity index (χ4v) is 3.14. The van der Waals surface area contributed by atoms with Crippen LogP contribution in [0.15, 0.2) is 34.9 Å².